The van der Waals surface area contributed by atoms with E-state index in [4.69, 9.17) is 5.21 Å². The number of thioether (sulfide) groups is 1. The van der Waals surface area contributed by atoms with E-state index in [1.165, 1.54) is 0 Å². The maximum atomic E-state index is 10.8. The Kier molecular flexibility index (Phi) is 3.20. The van der Waals surface area contributed by atoms with Crippen molar-refractivity contribution in [3.05, 3.63) is 0 Å². The minimum absolute atomic E-state index is 0.164. The Hall–Kier alpha value is -0.220. The van der Waals surface area contributed by atoms with Gasteiger partial charge in [-0.05, 0) is 6.42 Å². The number of hydrogen-bond donors (Lipinski definition) is 1. The molecule has 0 radical (unpaired) electrons. The third kappa shape index (κ3) is 2.38. The fourth-order valence-corrected chi connectivity index (χ4v) is 2.28. The summed E-state index contributed by atoms with van der Waals surface area (Å²) < 4.78 is 0. The van der Waals surface area contributed by atoms with E-state index < -0.39 is 0 Å². The maximum absolute atomic E-state index is 10.8. The minimum Gasteiger partial charge on any atom is -0.286 e. The molecule has 1 aliphatic heterocycles. The Morgan fingerprint density at radius 3 is 3.09 bits per heavy atom. The van der Waals surface area contributed by atoms with Gasteiger partial charge in [-0.15, -0.1) is 11.8 Å². The Labute approximate surface area is 70.7 Å². The van der Waals surface area contributed by atoms with Gasteiger partial charge in [0, 0.05) is 5.25 Å². The SMILES string of the molecule is CCCC1CN(O)C(=O)CS1. The smallest absolute Gasteiger partial charge is 0.255 e. The van der Waals surface area contributed by atoms with Crippen LogP contribution in [0, 0.1) is 0 Å². The molecule has 4 heteroatoms. The molecule has 1 heterocycles. The van der Waals surface area contributed by atoms with Gasteiger partial charge in [-0.25, -0.2) is 5.06 Å². The number of carbonyl (C=O) groups excluding carboxylic acids is 1. The Bertz CT molecular complexity index is 151. The first kappa shape index (κ1) is 8.87. The number of hydroxylamine groups is 2. The fourth-order valence-electron chi connectivity index (χ4n) is 1.11. The van der Waals surface area contributed by atoms with Crippen molar-refractivity contribution in [2.24, 2.45) is 0 Å². The highest BCUT2D eigenvalue weighted by Crippen LogP contribution is 2.21. The molecule has 1 rings (SSSR count). The van der Waals surface area contributed by atoms with Crippen LogP contribution in [0.4, 0.5) is 0 Å². The van der Waals surface area contributed by atoms with Crippen LogP contribution in [0.3, 0.4) is 0 Å². The molecule has 3 nitrogen and oxygen atoms in total. The largest absolute Gasteiger partial charge is 0.286 e. The summed E-state index contributed by atoms with van der Waals surface area (Å²) in [5, 5.41) is 10.3. The molecule has 64 valence electrons. The lowest BCUT2D eigenvalue weighted by Gasteiger charge is -2.26. The van der Waals surface area contributed by atoms with E-state index in [-0.39, 0.29) is 5.91 Å². The minimum atomic E-state index is -0.164. The molecule has 0 bridgehead atoms. The van der Waals surface area contributed by atoms with Gasteiger partial charge >= 0.3 is 0 Å². The van der Waals surface area contributed by atoms with Gasteiger partial charge in [-0.2, -0.15) is 0 Å². The van der Waals surface area contributed by atoms with Crippen LogP contribution >= 0.6 is 11.8 Å². The van der Waals surface area contributed by atoms with Crippen LogP contribution in [0.5, 0.6) is 0 Å². The Balaban J connectivity index is 2.33. The van der Waals surface area contributed by atoms with E-state index in [1.54, 1.807) is 11.8 Å². The summed E-state index contributed by atoms with van der Waals surface area (Å²) in [6, 6.07) is 0. The number of rotatable bonds is 2. The molecule has 1 fully saturated rings. The summed E-state index contributed by atoms with van der Waals surface area (Å²) in [5.74, 6) is 0.267. The van der Waals surface area contributed by atoms with Crippen LogP contribution in [0.15, 0.2) is 0 Å². The molecule has 0 aromatic heterocycles. The number of carbonyl (C=O) groups is 1. The third-order valence-corrected chi connectivity index (χ3v) is 2.99. The molecular formula is C7H13NO2S. The second-order valence-corrected chi connectivity index (χ2v) is 3.99. The van der Waals surface area contributed by atoms with E-state index in [0.29, 0.717) is 17.5 Å². The van der Waals surface area contributed by atoms with E-state index in [2.05, 4.69) is 6.92 Å². The number of hydrogen-bond acceptors (Lipinski definition) is 3. The van der Waals surface area contributed by atoms with Gasteiger partial charge in [0.25, 0.3) is 5.91 Å². The van der Waals surface area contributed by atoms with Gasteiger partial charge < -0.3 is 0 Å². The van der Waals surface area contributed by atoms with Gasteiger partial charge in [0.05, 0.1) is 12.3 Å². The van der Waals surface area contributed by atoms with E-state index in [1.807, 2.05) is 0 Å². The van der Waals surface area contributed by atoms with Crippen molar-refractivity contribution in [1.29, 1.82) is 0 Å². The standard InChI is InChI=1S/C7H13NO2S/c1-2-3-6-4-8(10)7(9)5-11-6/h6,10H,2-5H2,1H3. The lowest BCUT2D eigenvalue weighted by Crippen LogP contribution is -2.39. The summed E-state index contributed by atoms with van der Waals surface area (Å²) in [7, 11) is 0. The lowest BCUT2D eigenvalue weighted by molar-refractivity contribution is -0.163. The molecule has 0 aromatic carbocycles. The van der Waals surface area contributed by atoms with Crippen LogP contribution in [-0.2, 0) is 4.79 Å². The van der Waals surface area contributed by atoms with Crippen molar-refractivity contribution < 1.29 is 10.0 Å². The van der Waals surface area contributed by atoms with Crippen LogP contribution in [-0.4, -0.2) is 33.7 Å². The molecule has 1 unspecified atom stereocenters. The van der Waals surface area contributed by atoms with E-state index in [0.717, 1.165) is 17.9 Å². The predicted octanol–water partition coefficient (Wildman–Crippen LogP) is 1.12. The monoisotopic (exact) mass is 175 g/mol. The Morgan fingerprint density at radius 2 is 2.55 bits per heavy atom. The molecule has 11 heavy (non-hydrogen) atoms. The van der Waals surface area contributed by atoms with Crippen molar-refractivity contribution in [1.82, 2.24) is 5.06 Å². The average molecular weight is 175 g/mol. The van der Waals surface area contributed by atoms with E-state index in [9.17, 15) is 4.79 Å². The average Bonchev–Trinajstić information content (AvgIpc) is 1.98. The molecule has 0 spiro atoms. The second kappa shape index (κ2) is 3.97. The van der Waals surface area contributed by atoms with Crippen LogP contribution in [0.25, 0.3) is 0 Å². The first-order chi connectivity index (χ1) is 5.24. The molecule has 0 aromatic rings. The highest BCUT2D eigenvalue weighted by atomic mass is 32.2. The zero-order valence-corrected chi connectivity index (χ0v) is 7.43. The summed E-state index contributed by atoms with van der Waals surface area (Å²) in [5.41, 5.74) is 0. The van der Waals surface area contributed by atoms with Crippen molar-refractivity contribution in [3.8, 4) is 0 Å². The molecule has 0 aliphatic carbocycles. The van der Waals surface area contributed by atoms with Crippen molar-refractivity contribution >= 4 is 17.7 Å². The third-order valence-electron chi connectivity index (χ3n) is 1.72. The normalized spacial score (nSPS) is 25.8. The Morgan fingerprint density at radius 1 is 1.82 bits per heavy atom. The lowest BCUT2D eigenvalue weighted by atomic mass is 10.2. The first-order valence-corrected chi connectivity index (χ1v) is 4.89. The zero-order valence-electron chi connectivity index (χ0n) is 6.62. The molecule has 1 N–H and O–H groups in total. The van der Waals surface area contributed by atoms with Crippen molar-refractivity contribution in [2.45, 2.75) is 25.0 Å². The summed E-state index contributed by atoms with van der Waals surface area (Å²) in [6.45, 7) is 2.61. The van der Waals surface area contributed by atoms with E-state index >= 15 is 0 Å². The van der Waals surface area contributed by atoms with Crippen LogP contribution in [0.2, 0.25) is 0 Å². The van der Waals surface area contributed by atoms with Crippen molar-refractivity contribution in [3.63, 3.8) is 0 Å². The second-order valence-electron chi connectivity index (χ2n) is 2.70. The molecule has 1 aliphatic rings. The highest BCUT2D eigenvalue weighted by molar-refractivity contribution is 8.00. The highest BCUT2D eigenvalue weighted by Gasteiger charge is 2.23. The van der Waals surface area contributed by atoms with Gasteiger partial charge in [-0.1, -0.05) is 13.3 Å². The molecule has 1 saturated heterocycles. The molecular weight excluding hydrogens is 162 g/mol. The zero-order chi connectivity index (χ0) is 8.27. The summed E-state index contributed by atoms with van der Waals surface area (Å²) in [6.07, 6.45) is 2.19. The molecule has 1 atom stereocenters. The number of nitrogens with zero attached hydrogens (tertiary/aromatic N) is 1. The van der Waals surface area contributed by atoms with Gasteiger partial charge in [0.2, 0.25) is 0 Å². The molecule has 0 saturated carbocycles. The summed E-state index contributed by atoms with van der Waals surface area (Å²) >= 11 is 1.65. The van der Waals surface area contributed by atoms with Gasteiger partial charge in [0.1, 0.15) is 0 Å². The number of amides is 1. The van der Waals surface area contributed by atoms with Crippen LogP contribution in [0.1, 0.15) is 19.8 Å². The van der Waals surface area contributed by atoms with Gasteiger partial charge in [-0.3, -0.25) is 10.0 Å². The first-order valence-electron chi connectivity index (χ1n) is 3.85. The quantitative estimate of drug-likeness (QED) is 0.639. The predicted molar refractivity (Wildman–Crippen MR) is 44.7 cm³/mol. The van der Waals surface area contributed by atoms with Crippen LogP contribution < -0.4 is 0 Å². The van der Waals surface area contributed by atoms with Gasteiger partial charge in [0.15, 0.2) is 0 Å². The fraction of sp³-hybridized carbons (Fsp3) is 0.857. The maximum Gasteiger partial charge on any atom is 0.255 e. The summed E-state index contributed by atoms with van der Waals surface area (Å²) in [4.78, 5) is 10.8. The molecule has 1 amide bonds. The van der Waals surface area contributed by atoms with Crippen molar-refractivity contribution in [2.75, 3.05) is 12.3 Å². The topological polar surface area (TPSA) is 40.5 Å².